The molecule has 0 amide bonds. The molecule has 0 fully saturated rings. The van der Waals surface area contributed by atoms with Crippen molar-refractivity contribution >= 4 is 60.8 Å². The van der Waals surface area contributed by atoms with Crippen molar-refractivity contribution < 1.29 is 4.42 Å². The molecule has 0 saturated carbocycles. The van der Waals surface area contributed by atoms with Crippen molar-refractivity contribution in [2.75, 3.05) is 4.90 Å². The van der Waals surface area contributed by atoms with Crippen molar-refractivity contribution in [1.82, 2.24) is 4.57 Å². The van der Waals surface area contributed by atoms with Gasteiger partial charge < -0.3 is 13.9 Å². The van der Waals surface area contributed by atoms with Crippen LogP contribution in [-0.4, -0.2) is 4.57 Å². The highest BCUT2D eigenvalue weighted by Crippen LogP contribution is 2.51. The molecule has 2 aromatic heterocycles. The van der Waals surface area contributed by atoms with E-state index >= 15 is 0 Å². The van der Waals surface area contributed by atoms with Gasteiger partial charge in [0, 0.05) is 49.7 Å². The van der Waals surface area contributed by atoms with Crippen LogP contribution < -0.4 is 4.90 Å². The van der Waals surface area contributed by atoms with E-state index in [2.05, 4.69) is 195 Å². The Morgan fingerprint density at radius 1 is 0.446 bits per heavy atom. The van der Waals surface area contributed by atoms with Gasteiger partial charge in [0.1, 0.15) is 11.2 Å². The Hall–Kier alpha value is -6.84. The molecule has 0 spiro atoms. The first-order chi connectivity index (χ1) is 27.3. The quantitative estimate of drug-likeness (QED) is 0.177. The van der Waals surface area contributed by atoms with Crippen molar-refractivity contribution in [2.24, 2.45) is 0 Å². The van der Waals surface area contributed by atoms with Gasteiger partial charge in [-0.1, -0.05) is 105 Å². The number of aryl methyl sites for hydroxylation is 2. The summed E-state index contributed by atoms with van der Waals surface area (Å²) in [6.07, 6.45) is 0. The molecule has 10 aromatic rings. The summed E-state index contributed by atoms with van der Waals surface area (Å²) in [5.41, 5.74) is 18.9. The summed E-state index contributed by atoms with van der Waals surface area (Å²) < 4.78 is 8.67. The minimum atomic E-state index is -0.109. The van der Waals surface area contributed by atoms with Crippen LogP contribution in [0, 0.1) is 13.8 Å². The van der Waals surface area contributed by atoms with Gasteiger partial charge in [-0.25, -0.2) is 0 Å². The number of anilines is 3. The smallest absolute Gasteiger partial charge is 0.135 e. The van der Waals surface area contributed by atoms with E-state index in [1.165, 1.54) is 72.0 Å². The summed E-state index contributed by atoms with van der Waals surface area (Å²) in [6.45, 7) is 9.05. The molecule has 0 atom stereocenters. The number of fused-ring (bicyclic) bond motifs is 9. The molecule has 0 N–H and O–H groups in total. The Kier molecular flexibility index (Phi) is 7.03. The van der Waals surface area contributed by atoms with Crippen LogP contribution in [-0.2, 0) is 5.41 Å². The van der Waals surface area contributed by atoms with E-state index < -0.39 is 0 Å². The summed E-state index contributed by atoms with van der Waals surface area (Å²) in [4.78, 5) is 2.39. The van der Waals surface area contributed by atoms with Crippen LogP contribution >= 0.6 is 0 Å². The SMILES string of the molecule is Cc1cc(C)cc(-n2c3ccccc3c3cc(-c4ccc(N(c5ccc6c(c5)C(C)(C)c5ccccc5-6)c5ccc6oc7ccccc7c6c5)cc4)ccc32)c1. The van der Waals surface area contributed by atoms with Crippen molar-refractivity contribution in [3.63, 3.8) is 0 Å². The van der Waals surface area contributed by atoms with Crippen LogP contribution in [0.15, 0.2) is 174 Å². The third-order valence-corrected chi connectivity index (χ3v) is 12.0. The monoisotopic (exact) mass is 720 g/mol. The fourth-order valence-electron chi connectivity index (χ4n) is 9.45. The van der Waals surface area contributed by atoms with Crippen molar-refractivity contribution in [2.45, 2.75) is 33.1 Å². The Bertz CT molecular complexity index is 3170. The topological polar surface area (TPSA) is 21.3 Å². The molecule has 3 heteroatoms. The second-order valence-corrected chi connectivity index (χ2v) is 16.0. The van der Waals surface area contributed by atoms with Crippen LogP contribution in [0.5, 0.6) is 0 Å². The highest BCUT2D eigenvalue weighted by Gasteiger charge is 2.35. The average Bonchev–Trinajstić information content (AvgIpc) is 3.83. The van der Waals surface area contributed by atoms with Crippen LogP contribution in [0.1, 0.15) is 36.1 Å². The predicted octanol–water partition coefficient (Wildman–Crippen LogP) is 14.7. The Morgan fingerprint density at radius 3 is 1.91 bits per heavy atom. The molecule has 0 aliphatic heterocycles. The minimum absolute atomic E-state index is 0.109. The highest BCUT2D eigenvalue weighted by molar-refractivity contribution is 6.11. The maximum atomic E-state index is 6.26. The third kappa shape index (κ3) is 4.90. The maximum absolute atomic E-state index is 6.26. The first-order valence-electron chi connectivity index (χ1n) is 19.5. The molecule has 3 nitrogen and oxygen atoms in total. The molecule has 1 aliphatic rings. The van der Waals surface area contributed by atoms with E-state index in [0.717, 1.165) is 39.0 Å². The van der Waals surface area contributed by atoms with Crippen molar-refractivity contribution in [3.05, 3.63) is 192 Å². The molecule has 268 valence electrons. The lowest BCUT2D eigenvalue weighted by molar-refractivity contribution is 0.660. The van der Waals surface area contributed by atoms with E-state index in [4.69, 9.17) is 4.42 Å². The largest absolute Gasteiger partial charge is 0.456 e. The first kappa shape index (κ1) is 32.6. The molecule has 0 saturated heterocycles. The number of furan rings is 1. The van der Waals surface area contributed by atoms with Crippen LogP contribution in [0.4, 0.5) is 17.1 Å². The molecule has 56 heavy (non-hydrogen) atoms. The number of hydrogen-bond donors (Lipinski definition) is 0. The highest BCUT2D eigenvalue weighted by atomic mass is 16.3. The van der Waals surface area contributed by atoms with Gasteiger partial charge in [0.05, 0.1) is 11.0 Å². The third-order valence-electron chi connectivity index (χ3n) is 12.0. The Labute approximate surface area is 326 Å². The van der Waals surface area contributed by atoms with Crippen LogP contribution in [0.2, 0.25) is 0 Å². The van der Waals surface area contributed by atoms with E-state index in [9.17, 15) is 0 Å². The normalized spacial score (nSPS) is 13.1. The fraction of sp³-hybridized carbons (Fsp3) is 0.0943. The Balaban J connectivity index is 1.04. The van der Waals surface area contributed by atoms with Crippen molar-refractivity contribution in [1.29, 1.82) is 0 Å². The first-order valence-corrected chi connectivity index (χ1v) is 19.5. The number of benzene rings is 8. The number of rotatable bonds is 5. The predicted molar refractivity (Wildman–Crippen MR) is 235 cm³/mol. The van der Waals surface area contributed by atoms with Crippen LogP contribution in [0.25, 0.3) is 71.7 Å². The van der Waals surface area contributed by atoms with Gasteiger partial charge >= 0.3 is 0 Å². The minimum Gasteiger partial charge on any atom is -0.456 e. The van der Waals surface area contributed by atoms with Gasteiger partial charge in [-0.3, -0.25) is 0 Å². The van der Waals surface area contributed by atoms with E-state index in [-0.39, 0.29) is 5.41 Å². The second kappa shape index (κ2) is 12.1. The average molecular weight is 721 g/mol. The lowest BCUT2D eigenvalue weighted by Gasteiger charge is -2.28. The second-order valence-electron chi connectivity index (χ2n) is 16.0. The van der Waals surface area contributed by atoms with E-state index in [0.29, 0.717) is 0 Å². The zero-order valence-electron chi connectivity index (χ0n) is 32.0. The summed E-state index contributed by atoms with van der Waals surface area (Å²) >= 11 is 0. The summed E-state index contributed by atoms with van der Waals surface area (Å²) in [6, 6.07) is 62.3. The Morgan fingerprint density at radius 2 is 1.07 bits per heavy atom. The summed E-state index contributed by atoms with van der Waals surface area (Å²) in [5.74, 6) is 0. The number of para-hydroxylation sites is 2. The van der Waals surface area contributed by atoms with Crippen molar-refractivity contribution in [3.8, 4) is 27.9 Å². The maximum Gasteiger partial charge on any atom is 0.135 e. The zero-order chi connectivity index (χ0) is 37.7. The molecule has 0 unspecified atom stereocenters. The molecule has 2 heterocycles. The molecular formula is C53H40N2O. The standard InChI is InChI=1S/C53H40N2O/c1-33-27-34(2)29-40(28-33)55-49-15-9-6-12-43(49)45-30-36(19-25-50(45)55)35-17-20-37(21-18-35)54(38-23-26-52-46(31-38)44-13-7-10-16-51(44)56-52)39-22-24-42-41-11-5-8-14-47(41)53(3,4)48(42)32-39/h5-32H,1-4H3. The zero-order valence-corrected chi connectivity index (χ0v) is 32.0. The van der Waals surface area contributed by atoms with Gasteiger partial charge in [0.2, 0.25) is 0 Å². The number of hydrogen-bond acceptors (Lipinski definition) is 2. The summed E-state index contributed by atoms with van der Waals surface area (Å²) in [5, 5.41) is 4.75. The van der Waals surface area contributed by atoms with Gasteiger partial charge in [0.25, 0.3) is 0 Å². The lowest BCUT2D eigenvalue weighted by Crippen LogP contribution is -2.16. The molecule has 0 bridgehead atoms. The van der Waals surface area contributed by atoms with Gasteiger partial charge in [-0.15, -0.1) is 0 Å². The lowest BCUT2D eigenvalue weighted by atomic mass is 9.82. The molecular weight excluding hydrogens is 681 g/mol. The molecule has 1 aliphatic carbocycles. The van der Waals surface area contributed by atoms with E-state index in [1.807, 2.05) is 12.1 Å². The van der Waals surface area contributed by atoms with Gasteiger partial charge in [-0.05, 0) is 137 Å². The van der Waals surface area contributed by atoms with E-state index in [1.54, 1.807) is 0 Å². The fourth-order valence-corrected chi connectivity index (χ4v) is 9.45. The number of nitrogens with zero attached hydrogens (tertiary/aromatic N) is 2. The number of aromatic nitrogens is 1. The van der Waals surface area contributed by atoms with Gasteiger partial charge in [0.15, 0.2) is 0 Å². The summed E-state index contributed by atoms with van der Waals surface area (Å²) in [7, 11) is 0. The molecule has 11 rings (SSSR count). The molecule has 8 aromatic carbocycles. The van der Waals surface area contributed by atoms with Crippen LogP contribution in [0.3, 0.4) is 0 Å². The van der Waals surface area contributed by atoms with Gasteiger partial charge in [-0.2, -0.15) is 0 Å². The molecule has 0 radical (unpaired) electrons.